The van der Waals surface area contributed by atoms with Gasteiger partial charge >= 0.3 is 6.18 Å². The minimum absolute atomic E-state index is 0.0841. The lowest BCUT2D eigenvalue weighted by atomic mass is 10.2. The number of alkyl halides is 3. The van der Waals surface area contributed by atoms with Crippen molar-refractivity contribution < 1.29 is 22.9 Å². The number of piperazine rings is 1. The highest BCUT2D eigenvalue weighted by atomic mass is 35.5. The van der Waals surface area contributed by atoms with Crippen LogP contribution < -0.4 is 4.90 Å². The smallest absolute Gasteiger partial charge is 0.332 e. The number of nitrogens with zero attached hydrogens (tertiary/aromatic N) is 3. The number of rotatable bonds is 3. The van der Waals surface area contributed by atoms with Crippen molar-refractivity contribution in [1.82, 2.24) is 14.7 Å². The molecule has 0 atom stereocenters. The van der Waals surface area contributed by atoms with Gasteiger partial charge in [0.15, 0.2) is 5.69 Å². The van der Waals surface area contributed by atoms with E-state index in [-0.39, 0.29) is 10.7 Å². The molecule has 1 saturated heterocycles. The maximum absolute atomic E-state index is 13.7. The first-order valence-corrected chi connectivity index (χ1v) is 8.73. The maximum atomic E-state index is 13.7. The van der Waals surface area contributed by atoms with Crippen LogP contribution >= 0.6 is 11.6 Å². The molecule has 1 aliphatic heterocycles. The topological polar surface area (TPSA) is 42.6 Å². The van der Waals surface area contributed by atoms with E-state index in [4.69, 9.17) is 11.6 Å². The van der Waals surface area contributed by atoms with Gasteiger partial charge in [-0.2, -0.15) is 18.3 Å². The van der Waals surface area contributed by atoms with E-state index in [1.807, 2.05) is 6.92 Å². The second-order valence-electron chi connectivity index (χ2n) is 6.16. The zero-order valence-electron chi connectivity index (χ0n) is 14.2. The molecule has 1 fully saturated rings. The van der Waals surface area contributed by atoms with Gasteiger partial charge in [0, 0.05) is 0 Å². The number of nitrogens with one attached hydrogen (secondary N) is 1. The summed E-state index contributed by atoms with van der Waals surface area (Å²) in [5.74, 6) is -0.647. The summed E-state index contributed by atoms with van der Waals surface area (Å²) in [7, 11) is 0. The number of carbonyl (C=O) groups is 1. The monoisotopic (exact) mass is 387 g/mol. The molecule has 26 heavy (non-hydrogen) atoms. The molecule has 1 N–H and O–H groups in total. The van der Waals surface area contributed by atoms with E-state index in [9.17, 15) is 18.0 Å². The van der Waals surface area contributed by atoms with Crippen LogP contribution in [0.15, 0.2) is 30.5 Å². The van der Waals surface area contributed by atoms with Crippen LogP contribution in [0, 0.1) is 0 Å². The van der Waals surface area contributed by atoms with Crippen molar-refractivity contribution in [3.8, 4) is 5.69 Å². The Morgan fingerprint density at radius 2 is 1.92 bits per heavy atom. The normalized spacial score (nSPS) is 16.1. The minimum atomic E-state index is -4.74. The van der Waals surface area contributed by atoms with Crippen molar-refractivity contribution in [3.63, 3.8) is 0 Å². The third kappa shape index (κ3) is 3.57. The highest BCUT2D eigenvalue weighted by Crippen LogP contribution is 2.35. The Hall–Kier alpha value is -2.06. The van der Waals surface area contributed by atoms with E-state index in [1.165, 1.54) is 21.9 Å². The van der Waals surface area contributed by atoms with Crippen LogP contribution in [0.4, 0.5) is 13.2 Å². The average molecular weight is 388 g/mol. The second kappa shape index (κ2) is 7.28. The van der Waals surface area contributed by atoms with Crippen LogP contribution in [0.1, 0.15) is 23.0 Å². The number of hydrogen-bond donors (Lipinski definition) is 1. The molecule has 3 rings (SSSR count). The van der Waals surface area contributed by atoms with Crippen LogP contribution in [-0.4, -0.2) is 53.3 Å². The van der Waals surface area contributed by atoms with Gasteiger partial charge in [-0.3, -0.25) is 4.79 Å². The van der Waals surface area contributed by atoms with Crippen molar-refractivity contribution in [2.45, 2.75) is 13.1 Å². The van der Waals surface area contributed by atoms with Gasteiger partial charge in [0.2, 0.25) is 0 Å². The molecule has 5 nitrogen and oxygen atoms in total. The fraction of sp³-hybridized carbons (Fsp3) is 0.412. The van der Waals surface area contributed by atoms with Crippen molar-refractivity contribution >= 4 is 17.5 Å². The molecular formula is C17H19ClF3N4O+. The molecular weight excluding hydrogens is 369 g/mol. The molecule has 1 aromatic carbocycles. The van der Waals surface area contributed by atoms with Crippen molar-refractivity contribution in [2.24, 2.45) is 0 Å². The third-order valence-electron chi connectivity index (χ3n) is 4.61. The van der Waals surface area contributed by atoms with Crippen molar-refractivity contribution in [3.05, 3.63) is 46.7 Å². The zero-order valence-corrected chi connectivity index (χ0v) is 14.9. The highest BCUT2D eigenvalue weighted by molar-refractivity contribution is 6.32. The van der Waals surface area contributed by atoms with Gasteiger partial charge in [-0.15, -0.1) is 0 Å². The minimum Gasteiger partial charge on any atom is -0.332 e. The van der Waals surface area contributed by atoms with Gasteiger partial charge in [-0.25, -0.2) is 4.68 Å². The van der Waals surface area contributed by atoms with E-state index in [1.54, 1.807) is 12.1 Å². The fourth-order valence-electron chi connectivity index (χ4n) is 3.13. The Labute approximate surface area is 153 Å². The molecule has 0 saturated carbocycles. The van der Waals surface area contributed by atoms with E-state index < -0.39 is 23.3 Å². The van der Waals surface area contributed by atoms with Gasteiger partial charge in [0.05, 0.1) is 55.2 Å². The number of hydrogen-bond acceptors (Lipinski definition) is 2. The lowest BCUT2D eigenvalue weighted by molar-refractivity contribution is -0.902. The van der Waals surface area contributed by atoms with Gasteiger partial charge in [-0.1, -0.05) is 23.7 Å². The maximum Gasteiger partial charge on any atom is 0.434 e. The second-order valence-corrected chi connectivity index (χ2v) is 6.57. The summed E-state index contributed by atoms with van der Waals surface area (Å²) in [5, 5.41) is 3.95. The third-order valence-corrected chi connectivity index (χ3v) is 4.93. The van der Waals surface area contributed by atoms with Crippen LogP contribution in [0.3, 0.4) is 0 Å². The molecule has 1 aromatic heterocycles. The zero-order chi connectivity index (χ0) is 18.9. The van der Waals surface area contributed by atoms with Gasteiger partial charge < -0.3 is 9.80 Å². The number of amides is 1. The molecule has 9 heteroatoms. The quantitative estimate of drug-likeness (QED) is 0.874. The van der Waals surface area contributed by atoms with Crippen LogP contribution in [0.25, 0.3) is 5.69 Å². The Kier molecular flexibility index (Phi) is 5.24. The molecule has 2 aromatic rings. The number of carbonyl (C=O) groups excluding carboxylic acids is 1. The summed E-state index contributed by atoms with van der Waals surface area (Å²) in [4.78, 5) is 15.5. The van der Waals surface area contributed by atoms with E-state index in [0.717, 1.165) is 25.8 Å². The summed E-state index contributed by atoms with van der Waals surface area (Å²) in [6.45, 7) is 5.28. The van der Waals surface area contributed by atoms with Crippen LogP contribution in [-0.2, 0) is 6.18 Å². The van der Waals surface area contributed by atoms with E-state index in [2.05, 4.69) is 5.10 Å². The molecule has 0 unspecified atom stereocenters. The predicted octanol–water partition coefficient (Wildman–Crippen LogP) is 1.91. The Morgan fingerprint density at radius 3 is 2.50 bits per heavy atom. The van der Waals surface area contributed by atoms with Crippen molar-refractivity contribution in [1.29, 1.82) is 0 Å². The Balaban J connectivity index is 1.98. The summed E-state index contributed by atoms with van der Waals surface area (Å²) >= 11 is 6.02. The molecule has 140 valence electrons. The molecule has 1 amide bonds. The largest absolute Gasteiger partial charge is 0.434 e. The van der Waals surface area contributed by atoms with Crippen molar-refractivity contribution in [2.75, 3.05) is 32.7 Å². The molecule has 0 aliphatic carbocycles. The average Bonchev–Trinajstić information content (AvgIpc) is 3.07. The highest BCUT2D eigenvalue weighted by Gasteiger charge is 2.42. The first-order chi connectivity index (χ1) is 12.3. The number of benzene rings is 1. The number of likely N-dealkylation sites (N-methyl/N-ethyl adjacent to an activating group) is 1. The first kappa shape index (κ1) is 18.7. The number of para-hydroxylation sites is 1. The summed E-state index contributed by atoms with van der Waals surface area (Å²) in [6, 6.07) is 6.09. The van der Waals surface area contributed by atoms with Gasteiger partial charge in [0.25, 0.3) is 5.91 Å². The molecule has 0 radical (unpaired) electrons. The number of quaternary nitrogens is 1. The summed E-state index contributed by atoms with van der Waals surface area (Å²) in [6.07, 6.45) is -3.76. The van der Waals surface area contributed by atoms with Crippen LogP contribution in [0.5, 0.6) is 0 Å². The molecule has 0 spiro atoms. The van der Waals surface area contributed by atoms with E-state index in [0.29, 0.717) is 17.8 Å². The fourth-order valence-corrected chi connectivity index (χ4v) is 3.35. The lowest BCUT2D eigenvalue weighted by Crippen LogP contribution is -3.14. The molecule has 1 aliphatic rings. The number of halogens is 4. The lowest BCUT2D eigenvalue weighted by Gasteiger charge is -2.31. The SMILES string of the molecule is CC[NH+]1CCN(C(=O)c2cnn(-c3ccccc3Cl)c2C(F)(F)F)CC1. The number of aromatic nitrogens is 2. The first-order valence-electron chi connectivity index (χ1n) is 8.36. The predicted molar refractivity (Wildman–Crippen MR) is 90.7 cm³/mol. The Bertz CT molecular complexity index is 798. The van der Waals surface area contributed by atoms with Crippen LogP contribution in [0.2, 0.25) is 5.02 Å². The van der Waals surface area contributed by atoms with Gasteiger partial charge in [0.1, 0.15) is 0 Å². The standard InChI is InChI=1S/C17H18ClF3N4O/c1-2-23-7-9-24(10-8-23)16(26)12-11-22-25(15(12)17(19,20)21)14-6-4-3-5-13(14)18/h3-6,11H,2,7-10H2,1H3/p+1. The molecule has 2 heterocycles. The van der Waals surface area contributed by atoms with Gasteiger partial charge in [-0.05, 0) is 19.1 Å². The summed E-state index contributed by atoms with van der Waals surface area (Å²) < 4.78 is 41.9. The summed E-state index contributed by atoms with van der Waals surface area (Å²) in [5.41, 5.74) is -1.46. The molecule has 0 bridgehead atoms. The Morgan fingerprint density at radius 1 is 1.27 bits per heavy atom. The van der Waals surface area contributed by atoms with E-state index >= 15 is 0 Å².